The smallest absolute Gasteiger partial charge is 0.135 e. The second kappa shape index (κ2) is 5.75. The Hall–Kier alpha value is 0.617. The predicted octanol–water partition coefficient (Wildman–Crippen LogP) is 0.0840. The summed E-state index contributed by atoms with van der Waals surface area (Å²) in [7, 11) is 3.15. The van der Waals surface area contributed by atoms with Gasteiger partial charge in [0, 0.05) is 14.2 Å². The van der Waals surface area contributed by atoms with E-state index in [0.29, 0.717) is 0 Å². The zero-order valence-electron chi connectivity index (χ0n) is 5.19. The zero-order valence-corrected chi connectivity index (χ0v) is 8.19. The largest absolute Gasteiger partial charge is 0.360 e. The van der Waals surface area contributed by atoms with Gasteiger partial charge in [-0.25, -0.2) is 0 Å². The van der Waals surface area contributed by atoms with Crippen LogP contribution in [0.25, 0.3) is 0 Å². The highest BCUT2D eigenvalue weighted by molar-refractivity contribution is 9.09. The van der Waals surface area contributed by atoms with Crippen molar-refractivity contribution in [1.29, 1.82) is 0 Å². The van der Waals surface area contributed by atoms with E-state index in [9.17, 15) is 0 Å². The van der Waals surface area contributed by atoms with Crippen LogP contribution in [0.15, 0.2) is 0 Å². The highest BCUT2D eigenvalue weighted by atomic mass is 79.9. The van der Waals surface area contributed by atoms with Gasteiger partial charge in [0.1, 0.15) is 15.4 Å². The van der Waals surface area contributed by atoms with Crippen LogP contribution in [0.3, 0.4) is 0 Å². The molecule has 0 rings (SSSR count). The van der Waals surface area contributed by atoms with Crippen molar-refractivity contribution in [2.45, 2.75) is 5.91 Å². The molecule has 0 unspecified atom stereocenters. The summed E-state index contributed by atoms with van der Waals surface area (Å²) in [5, 5.41) is 0. The van der Waals surface area contributed by atoms with Gasteiger partial charge in [0.15, 0.2) is 0 Å². The van der Waals surface area contributed by atoms with Gasteiger partial charge in [0.2, 0.25) is 0 Å². The average Bonchev–Trinajstić information content (AvgIpc) is 1.83. The minimum absolute atomic E-state index is 0.0920. The molecule has 0 aliphatic carbocycles. The summed E-state index contributed by atoms with van der Waals surface area (Å²) in [4.78, 5) is 1.05. The average molecular weight is 199 g/mol. The second-order valence-electron chi connectivity index (χ2n) is 1.38. The van der Waals surface area contributed by atoms with Crippen LogP contribution in [0.2, 0.25) is 0 Å². The Morgan fingerprint density at radius 3 is 2.12 bits per heavy atom. The fraction of sp³-hybridized carbons (Fsp3) is 1.00. The minimum atomic E-state index is -0.192. The van der Waals surface area contributed by atoms with Crippen molar-refractivity contribution in [2.75, 3.05) is 19.2 Å². The lowest BCUT2D eigenvalue weighted by molar-refractivity contribution is -0.0436. The van der Waals surface area contributed by atoms with E-state index in [1.165, 1.54) is 0 Å². The lowest BCUT2D eigenvalue weighted by Gasteiger charge is -2.09. The molecule has 0 bridgehead atoms. The van der Waals surface area contributed by atoms with Gasteiger partial charge in [-0.05, 0) is 4.95 Å². The Bertz CT molecular complexity index is 49.3. The molecule has 0 spiro atoms. The molecule has 0 N–H and O–H groups in total. The molecule has 0 fully saturated rings. The highest BCUT2D eigenvalue weighted by Gasteiger charge is 2.01. The number of hydrogen-bond acceptors (Lipinski definition) is 2. The lowest BCUT2D eigenvalue weighted by atomic mass is 11.3. The fourth-order valence-corrected chi connectivity index (χ4v) is 2.19. The Morgan fingerprint density at radius 1 is 1.50 bits per heavy atom. The van der Waals surface area contributed by atoms with Gasteiger partial charge in [-0.15, -0.1) is 0 Å². The van der Waals surface area contributed by atoms with E-state index in [1.807, 2.05) is 0 Å². The molecule has 0 aliphatic rings. The van der Waals surface area contributed by atoms with Crippen molar-refractivity contribution >= 4 is 25.4 Å². The summed E-state index contributed by atoms with van der Waals surface area (Å²) in [6.07, 6.45) is 0. The third-order valence-corrected chi connectivity index (χ3v) is 3.60. The third-order valence-electron chi connectivity index (χ3n) is 0.871. The summed E-state index contributed by atoms with van der Waals surface area (Å²) in [5.41, 5.74) is 0. The maximum absolute atomic E-state index is 4.95. The monoisotopic (exact) mass is 198 g/mol. The van der Waals surface area contributed by atoms with Crippen molar-refractivity contribution in [2.24, 2.45) is 0 Å². The van der Waals surface area contributed by atoms with Crippen molar-refractivity contribution in [3.05, 3.63) is 0 Å². The molecule has 0 heterocycles. The quantitative estimate of drug-likeness (QED) is 0.363. The van der Waals surface area contributed by atoms with Gasteiger partial charge in [-0.3, -0.25) is 0 Å². The molecule has 0 aliphatic heterocycles. The van der Waals surface area contributed by atoms with Gasteiger partial charge in [0.25, 0.3) is 0 Å². The molecule has 0 amide bonds. The van der Waals surface area contributed by atoms with E-state index >= 15 is 0 Å². The summed E-state index contributed by atoms with van der Waals surface area (Å²) in [5.74, 6) is 0.0920. The van der Waals surface area contributed by atoms with Crippen LogP contribution < -0.4 is 0 Å². The van der Waals surface area contributed by atoms with Crippen LogP contribution in [0.5, 0.6) is 0 Å². The Kier molecular flexibility index (Phi) is 6.19. The molecule has 0 atom stereocenters. The predicted molar refractivity (Wildman–Crippen MR) is 40.1 cm³/mol. The molecule has 50 valence electrons. The van der Waals surface area contributed by atoms with Gasteiger partial charge >= 0.3 is 0 Å². The molecule has 0 radical (unpaired) electrons. The molecule has 0 saturated carbocycles. The number of alkyl halides is 1. The van der Waals surface area contributed by atoms with Crippen LogP contribution in [0.1, 0.15) is 0 Å². The SMILES string of the molecule is COC(OC)[SiH2]CBr. The van der Waals surface area contributed by atoms with Crippen LogP contribution in [0, 0.1) is 0 Å². The molecule has 4 heteroatoms. The standard InChI is InChI=1S/C4H11BrO2Si/c1-6-4(7-2)8-3-5/h4H,3,8H2,1-2H3. The summed E-state index contributed by atoms with van der Waals surface area (Å²) < 4.78 is 9.90. The summed E-state index contributed by atoms with van der Waals surface area (Å²) >= 11 is 3.33. The number of halogens is 1. The minimum Gasteiger partial charge on any atom is -0.360 e. The first-order valence-electron chi connectivity index (χ1n) is 2.46. The van der Waals surface area contributed by atoms with Crippen molar-refractivity contribution in [3.63, 3.8) is 0 Å². The number of rotatable bonds is 4. The zero-order chi connectivity index (χ0) is 6.41. The summed E-state index contributed by atoms with van der Waals surface area (Å²) in [6, 6.07) is 0. The van der Waals surface area contributed by atoms with E-state index in [4.69, 9.17) is 9.47 Å². The molecule has 8 heavy (non-hydrogen) atoms. The Balaban J connectivity index is 3.07. The number of hydrogen-bond donors (Lipinski definition) is 0. The molecule has 0 saturated heterocycles. The van der Waals surface area contributed by atoms with Crippen molar-refractivity contribution in [3.8, 4) is 0 Å². The summed E-state index contributed by atoms with van der Waals surface area (Å²) in [6.45, 7) is 0. The first kappa shape index (κ1) is 8.62. The third kappa shape index (κ3) is 3.60. The van der Waals surface area contributed by atoms with E-state index in [1.54, 1.807) is 14.2 Å². The van der Waals surface area contributed by atoms with Crippen LogP contribution in [-0.2, 0) is 9.47 Å². The number of ether oxygens (including phenoxy) is 2. The fourth-order valence-electron chi connectivity index (χ4n) is 0.421. The van der Waals surface area contributed by atoms with Crippen LogP contribution in [0.4, 0.5) is 0 Å². The first-order valence-corrected chi connectivity index (χ1v) is 5.40. The van der Waals surface area contributed by atoms with Crippen LogP contribution in [-0.4, -0.2) is 34.6 Å². The molecule has 2 nitrogen and oxygen atoms in total. The van der Waals surface area contributed by atoms with E-state index in [0.717, 1.165) is 4.95 Å². The van der Waals surface area contributed by atoms with Gasteiger partial charge in [-0.1, -0.05) is 15.9 Å². The first-order chi connectivity index (χ1) is 3.85. The topological polar surface area (TPSA) is 18.5 Å². The van der Waals surface area contributed by atoms with Crippen LogP contribution >= 0.6 is 15.9 Å². The lowest BCUT2D eigenvalue weighted by Crippen LogP contribution is -2.22. The van der Waals surface area contributed by atoms with Gasteiger partial charge < -0.3 is 9.47 Å². The molecular weight excluding hydrogens is 188 g/mol. The Labute approximate surface area is 60.5 Å². The van der Waals surface area contributed by atoms with Crippen molar-refractivity contribution < 1.29 is 9.47 Å². The molecular formula is C4H11BrO2Si. The van der Waals surface area contributed by atoms with E-state index in [-0.39, 0.29) is 15.4 Å². The van der Waals surface area contributed by atoms with E-state index in [2.05, 4.69) is 15.9 Å². The van der Waals surface area contributed by atoms with E-state index < -0.39 is 0 Å². The van der Waals surface area contributed by atoms with Crippen molar-refractivity contribution in [1.82, 2.24) is 0 Å². The second-order valence-corrected chi connectivity index (χ2v) is 5.38. The molecule has 0 aromatic rings. The molecule has 0 aromatic carbocycles. The maximum atomic E-state index is 4.95. The molecule has 0 aromatic heterocycles. The Morgan fingerprint density at radius 2 is 2.00 bits per heavy atom. The van der Waals surface area contributed by atoms with Gasteiger partial charge in [-0.2, -0.15) is 0 Å². The number of methoxy groups -OCH3 is 2. The maximum Gasteiger partial charge on any atom is 0.135 e. The highest BCUT2D eigenvalue weighted by Crippen LogP contribution is 1.89. The normalized spacial score (nSPS) is 12.0. The van der Waals surface area contributed by atoms with Gasteiger partial charge in [0.05, 0.1) is 0 Å².